The van der Waals surface area contributed by atoms with E-state index in [2.05, 4.69) is 20.5 Å². The van der Waals surface area contributed by atoms with E-state index >= 15 is 0 Å². The Morgan fingerprint density at radius 2 is 1.87 bits per heavy atom. The van der Waals surface area contributed by atoms with Gasteiger partial charge in [0.15, 0.2) is 0 Å². The van der Waals surface area contributed by atoms with Crippen molar-refractivity contribution in [3.05, 3.63) is 11.4 Å². The molecule has 0 amide bonds. The highest BCUT2D eigenvalue weighted by Gasteiger charge is 2.04. The number of aromatic nitrogens is 3. The van der Waals surface area contributed by atoms with Gasteiger partial charge in [-0.15, -0.1) is 5.10 Å². The Morgan fingerprint density at radius 3 is 2.40 bits per heavy atom. The van der Waals surface area contributed by atoms with E-state index in [4.69, 9.17) is 0 Å². The zero-order valence-electron chi connectivity index (χ0n) is 8.98. The molecule has 84 valence electrons. The molecular weight excluding hydrogens is 216 g/mol. The standard InChI is InChI=1S/C8H14N4O2S/c1-6-7(2)11-12-8(10-6)9-4-5-15(3,13)14/h4-5H2,1-3H3,(H,9,10,12). The van der Waals surface area contributed by atoms with Gasteiger partial charge in [-0.25, -0.2) is 13.4 Å². The van der Waals surface area contributed by atoms with Crippen LogP contribution in [-0.4, -0.2) is 42.2 Å². The minimum absolute atomic E-state index is 0.0588. The first kappa shape index (κ1) is 11.8. The molecule has 1 aromatic rings. The summed E-state index contributed by atoms with van der Waals surface area (Å²) >= 11 is 0. The van der Waals surface area contributed by atoms with Crippen LogP contribution in [0.3, 0.4) is 0 Å². The number of hydrogen-bond donors (Lipinski definition) is 1. The Labute approximate surface area is 89.1 Å². The molecule has 0 fully saturated rings. The van der Waals surface area contributed by atoms with Gasteiger partial charge in [-0.1, -0.05) is 0 Å². The quantitative estimate of drug-likeness (QED) is 0.780. The van der Waals surface area contributed by atoms with Gasteiger partial charge >= 0.3 is 0 Å². The van der Waals surface area contributed by atoms with Crippen molar-refractivity contribution in [2.75, 3.05) is 23.9 Å². The van der Waals surface area contributed by atoms with Crippen molar-refractivity contribution in [2.45, 2.75) is 13.8 Å². The van der Waals surface area contributed by atoms with E-state index in [0.717, 1.165) is 11.4 Å². The molecule has 0 saturated heterocycles. The van der Waals surface area contributed by atoms with Crippen LogP contribution in [-0.2, 0) is 9.84 Å². The van der Waals surface area contributed by atoms with Crippen LogP contribution in [0, 0.1) is 13.8 Å². The third-order valence-corrected chi connectivity index (χ3v) is 2.79. The smallest absolute Gasteiger partial charge is 0.242 e. The zero-order valence-corrected chi connectivity index (χ0v) is 9.80. The molecule has 15 heavy (non-hydrogen) atoms. The van der Waals surface area contributed by atoms with Gasteiger partial charge in [-0.05, 0) is 13.8 Å². The first-order valence-corrected chi connectivity index (χ1v) is 6.54. The van der Waals surface area contributed by atoms with Crippen LogP contribution >= 0.6 is 0 Å². The van der Waals surface area contributed by atoms with Crippen LogP contribution in [0.25, 0.3) is 0 Å². The van der Waals surface area contributed by atoms with E-state index < -0.39 is 9.84 Å². The molecule has 6 nitrogen and oxygen atoms in total. The van der Waals surface area contributed by atoms with Gasteiger partial charge < -0.3 is 5.32 Å². The highest BCUT2D eigenvalue weighted by molar-refractivity contribution is 7.90. The van der Waals surface area contributed by atoms with Crippen molar-refractivity contribution < 1.29 is 8.42 Å². The predicted molar refractivity (Wildman–Crippen MR) is 57.5 cm³/mol. The fraction of sp³-hybridized carbons (Fsp3) is 0.625. The van der Waals surface area contributed by atoms with E-state index in [-0.39, 0.29) is 5.75 Å². The molecule has 0 bridgehead atoms. The number of aryl methyl sites for hydroxylation is 2. The van der Waals surface area contributed by atoms with Crippen molar-refractivity contribution in [3.8, 4) is 0 Å². The Bertz CT molecular complexity index is 444. The number of nitrogens with zero attached hydrogens (tertiary/aromatic N) is 3. The Kier molecular flexibility index (Phi) is 3.57. The minimum Gasteiger partial charge on any atom is -0.352 e. The molecule has 0 saturated carbocycles. The first-order chi connectivity index (χ1) is 6.88. The maximum absolute atomic E-state index is 10.8. The molecule has 7 heteroatoms. The molecule has 0 aliphatic carbocycles. The average molecular weight is 230 g/mol. The summed E-state index contributed by atoms with van der Waals surface area (Å²) in [6, 6.07) is 0. The Hall–Kier alpha value is -1.24. The summed E-state index contributed by atoms with van der Waals surface area (Å²) in [6.45, 7) is 3.93. The van der Waals surface area contributed by atoms with Crippen LogP contribution in [0.4, 0.5) is 5.95 Å². The van der Waals surface area contributed by atoms with E-state index in [1.165, 1.54) is 6.26 Å². The van der Waals surface area contributed by atoms with Crippen LogP contribution in [0.15, 0.2) is 0 Å². The maximum atomic E-state index is 10.8. The monoisotopic (exact) mass is 230 g/mol. The molecule has 0 atom stereocenters. The summed E-state index contributed by atoms with van der Waals surface area (Å²) in [7, 11) is -2.95. The summed E-state index contributed by atoms with van der Waals surface area (Å²) in [5.74, 6) is 0.422. The van der Waals surface area contributed by atoms with Crippen molar-refractivity contribution in [1.82, 2.24) is 15.2 Å². The normalized spacial score (nSPS) is 11.4. The second kappa shape index (κ2) is 4.52. The third-order valence-electron chi connectivity index (χ3n) is 1.85. The van der Waals surface area contributed by atoms with Crippen molar-refractivity contribution in [1.29, 1.82) is 0 Å². The molecule has 0 unspecified atom stereocenters. The number of nitrogens with one attached hydrogen (secondary N) is 1. The SMILES string of the molecule is Cc1nnc(NCCS(C)(=O)=O)nc1C. The number of sulfone groups is 1. The number of rotatable bonds is 4. The fourth-order valence-corrected chi connectivity index (χ4v) is 1.35. The lowest BCUT2D eigenvalue weighted by Crippen LogP contribution is -2.16. The molecule has 0 aliphatic rings. The van der Waals surface area contributed by atoms with E-state index in [1.807, 2.05) is 13.8 Å². The highest BCUT2D eigenvalue weighted by Crippen LogP contribution is 2.01. The van der Waals surface area contributed by atoms with Gasteiger partial charge in [0.25, 0.3) is 0 Å². The van der Waals surface area contributed by atoms with Gasteiger partial charge in [-0.2, -0.15) is 5.10 Å². The Morgan fingerprint density at radius 1 is 1.20 bits per heavy atom. The summed E-state index contributed by atoms with van der Waals surface area (Å²) in [6.07, 6.45) is 1.19. The molecule has 1 rings (SSSR count). The van der Waals surface area contributed by atoms with E-state index in [1.54, 1.807) is 0 Å². The van der Waals surface area contributed by atoms with Crippen LogP contribution in [0.5, 0.6) is 0 Å². The first-order valence-electron chi connectivity index (χ1n) is 4.48. The fourth-order valence-electron chi connectivity index (χ4n) is 0.880. The predicted octanol–water partition coefficient (Wildman–Crippen LogP) is -0.0551. The highest BCUT2D eigenvalue weighted by atomic mass is 32.2. The Balaban J connectivity index is 2.55. The molecule has 0 aromatic carbocycles. The average Bonchev–Trinajstić information content (AvgIpc) is 2.09. The second-order valence-electron chi connectivity index (χ2n) is 3.36. The number of anilines is 1. The topological polar surface area (TPSA) is 84.8 Å². The van der Waals surface area contributed by atoms with Crippen LogP contribution in [0.2, 0.25) is 0 Å². The molecular formula is C8H14N4O2S. The van der Waals surface area contributed by atoms with Gasteiger partial charge in [0.05, 0.1) is 17.1 Å². The van der Waals surface area contributed by atoms with Gasteiger partial charge in [0.1, 0.15) is 9.84 Å². The lowest BCUT2D eigenvalue weighted by Gasteiger charge is -2.04. The van der Waals surface area contributed by atoms with Gasteiger partial charge in [0.2, 0.25) is 5.95 Å². The molecule has 0 spiro atoms. The molecule has 0 aliphatic heterocycles. The van der Waals surface area contributed by atoms with Gasteiger partial charge in [-0.3, -0.25) is 0 Å². The number of hydrogen-bond acceptors (Lipinski definition) is 6. The summed E-state index contributed by atoms with van der Waals surface area (Å²) < 4.78 is 21.7. The van der Waals surface area contributed by atoms with Gasteiger partial charge in [0, 0.05) is 12.8 Å². The van der Waals surface area contributed by atoms with E-state index in [0.29, 0.717) is 12.5 Å². The lowest BCUT2D eigenvalue weighted by atomic mass is 10.4. The van der Waals surface area contributed by atoms with Crippen LogP contribution in [0.1, 0.15) is 11.4 Å². The van der Waals surface area contributed by atoms with Crippen molar-refractivity contribution >= 4 is 15.8 Å². The largest absolute Gasteiger partial charge is 0.352 e. The lowest BCUT2D eigenvalue weighted by molar-refractivity contribution is 0.602. The van der Waals surface area contributed by atoms with Crippen molar-refractivity contribution in [2.24, 2.45) is 0 Å². The van der Waals surface area contributed by atoms with Crippen molar-refractivity contribution in [3.63, 3.8) is 0 Å². The second-order valence-corrected chi connectivity index (χ2v) is 5.62. The molecule has 1 aromatic heterocycles. The summed E-state index contributed by atoms with van der Waals surface area (Å²) in [5, 5.41) is 10.5. The maximum Gasteiger partial charge on any atom is 0.242 e. The molecule has 1 heterocycles. The van der Waals surface area contributed by atoms with E-state index in [9.17, 15) is 8.42 Å². The third kappa shape index (κ3) is 4.20. The molecule has 0 radical (unpaired) electrons. The van der Waals surface area contributed by atoms with Crippen LogP contribution < -0.4 is 5.32 Å². The minimum atomic E-state index is -2.95. The summed E-state index contributed by atoms with van der Waals surface area (Å²) in [4.78, 5) is 4.11. The zero-order chi connectivity index (χ0) is 11.5. The summed E-state index contributed by atoms with van der Waals surface area (Å²) in [5.41, 5.74) is 1.55. The molecule has 1 N–H and O–H groups in total.